The first kappa shape index (κ1) is 19.2. The molecule has 0 aliphatic carbocycles. The number of carboxylic acids is 2. The zero-order valence-corrected chi connectivity index (χ0v) is 7.69. The van der Waals surface area contributed by atoms with E-state index in [1.54, 1.807) is 0 Å². The van der Waals surface area contributed by atoms with Gasteiger partial charge in [0.15, 0.2) is 0 Å². The second-order valence-corrected chi connectivity index (χ2v) is 1.79. The summed E-state index contributed by atoms with van der Waals surface area (Å²) in [5, 5.41) is 15.6. The summed E-state index contributed by atoms with van der Waals surface area (Å²) in [6, 6.07) is 0. The van der Waals surface area contributed by atoms with Crippen molar-refractivity contribution in [2.24, 2.45) is 0 Å². The number of rotatable bonds is 4. The maximum atomic E-state index is 9.55. The molecule has 0 saturated carbocycles. The molecule has 0 radical (unpaired) electrons. The minimum absolute atomic E-state index is 0. The van der Waals surface area contributed by atoms with Crippen molar-refractivity contribution >= 4 is 41.5 Å². The van der Waals surface area contributed by atoms with Crippen LogP contribution in [-0.4, -0.2) is 64.9 Å². The fourth-order valence-corrected chi connectivity index (χ4v) is 0.347. The maximum absolute atomic E-state index is 9.55. The van der Waals surface area contributed by atoms with Crippen molar-refractivity contribution in [3.63, 3.8) is 0 Å². The second kappa shape index (κ2) is 15.1. The number of ether oxygens (including phenoxy) is 1. The molecule has 0 unspecified atom stereocenters. The Morgan fingerprint density at radius 3 is 1.43 bits per heavy atom. The van der Waals surface area contributed by atoms with Gasteiger partial charge in [-0.2, -0.15) is 0 Å². The molecule has 0 aromatic carbocycles. The summed E-state index contributed by atoms with van der Waals surface area (Å²) in [4.78, 5) is 19.1. The Hall–Kier alpha value is -0.360. The Balaban J connectivity index is -0.000000177. The van der Waals surface area contributed by atoms with Gasteiger partial charge in [-0.25, -0.2) is 9.59 Å². The van der Waals surface area contributed by atoms with Crippen LogP contribution in [0.1, 0.15) is 13.8 Å². The number of hydrogen-bond donors (Lipinski definition) is 2. The summed E-state index contributed by atoms with van der Waals surface area (Å²) in [7, 11) is 0. The Bertz CT molecular complexity index is 161. The SMILES string of the molecule is CCOCC.O=C(O)/C=C\C(=O)O.[NaH]. The first-order valence-corrected chi connectivity index (χ1v) is 3.76. The summed E-state index contributed by atoms with van der Waals surface area (Å²) in [6.45, 7) is 5.67. The van der Waals surface area contributed by atoms with Crippen LogP contribution in [0.15, 0.2) is 12.2 Å². The molecule has 0 amide bonds. The van der Waals surface area contributed by atoms with Crippen molar-refractivity contribution in [3.8, 4) is 0 Å². The molecule has 0 atom stereocenters. The van der Waals surface area contributed by atoms with Gasteiger partial charge in [-0.05, 0) is 13.8 Å². The van der Waals surface area contributed by atoms with Crippen LogP contribution < -0.4 is 0 Å². The molecule has 14 heavy (non-hydrogen) atoms. The van der Waals surface area contributed by atoms with Crippen LogP contribution in [0.25, 0.3) is 0 Å². The Kier molecular flexibility index (Phi) is 20.8. The van der Waals surface area contributed by atoms with E-state index >= 15 is 0 Å². The monoisotopic (exact) mass is 214 g/mol. The molecular formula is C8H15NaO5. The van der Waals surface area contributed by atoms with Gasteiger partial charge < -0.3 is 14.9 Å². The second-order valence-electron chi connectivity index (χ2n) is 1.79. The molecule has 0 bridgehead atoms. The van der Waals surface area contributed by atoms with Gasteiger partial charge in [-0.3, -0.25) is 0 Å². The van der Waals surface area contributed by atoms with E-state index in [4.69, 9.17) is 14.9 Å². The van der Waals surface area contributed by atoms with Gasteiger partial charge in [-0.15, -0.1) is 0 Å². The van der Waals surface area contributed by atoms with Gasteiger partial charge in [0.2, 0.25) is 0 Å². The average molecular weight is 214 g/mol. The molecule has 0 fully saturated rings. The standard InChI is InChI=1S/C4H4O4.C4H10O.Na.H/c5-3(6)1-2-4(7)8;1-3-5-4-2;;/h1-2H,(H,5,6)(H,7,8);3-4H2,1-2H3;;/b2-1-;;;. The number of aliphatic carboxylic acids is 2. The first-order chi connectivity index (χ1) is 6.04. The normalized spacial score (nSPS) is 8.43. The van der Waals surface area contributed by atoms with Crippen molar-refractivity contribution in [2.75, 3.05) is 13.2 Å². The summed E-state index contributed by atoms with van der Waals surface area (Å²) >= 11 is 0. The van der Waals surface area contributed by atoms with Gasteiger partial charge in [0.25, 0.3) is 0 Å². The molecule has 2 N–H and O–H groups in total. The van der Waals surface area contributed by atoms with Gasteiger partial charge >= 0.3 is 41.5 Å². The topological polar surface area (TPSA) is 83.8 Å². The molecule has 78 valence electrons. The van der Waals surface area contributed by atoms with E-state index in [0.29, 0.717) is 12.2 Å². The Morgan fingerprint density at radius 1 is 1.07 bits per heavy atom. The predicted octanol–water partition coefficient (Wildman–Crippen LogP) is 0.106. The van der Waals surface area contributed by atoms with Crippen LogP contribution in [-0.2, 0) is 14.3 Å². The van der Waals surface area contributed by atoms with E-state index in [2.05, 4.69) is 0 Å². The van der Waals surface area contributed by atoms with Crippen molar-refractivity contribution < 1.29 is 24.5 Å². The zero-order chi connectivity index (χ0) is 10.7. The Morgan fingerprint density at radius 2 is 1.36 bits per heavy atom. The molecular weight excluding hydrogens is 199 g/mol. The molecule has 0 aromatic heterocycles. The summed E-state index contributed by atoms with van der Waals surface area (Å²) < 4.78 is 4.83. The molecule has 0 rings (SSSR count). The molecule has 0 aliphatic heterocycles. The van der Waals surface area contributed by atoms with Crippen molar-refractivity contribution in [2.45, 2.75) is 13.8 Å². The fraction of sp³-hybridized carbons (Fsp3) is 0.500. The predicted molar refractivity (Wildman–Crippen MR) is 53.7 cm³/mol. The van der Waals surface area contributed by atoms with Crippen molar-refractivity contribution in [1.29, 1.82) is 0 Å². The number of carboxylic acid groups (broad SMARTS) is 2. The zero-order valence-electron chi connectivity index (χ0n) is 7.69. The third kappa shape index (κ3) is 29.9. The summed E-state index contributed by atoms with van der Waals surface area (Å²) in [5.74, 6) is -2.51. The average Bonchev–Trinajstić information content (AvgIpc) is 2.03. The van der Waals surface area contributed by atoms with Crippen LogP contribution in [0.5, 0.6) is 0 Å². The molecule has 0 aliphatic rings. The van der Waals surface area contributed by atoms with Gasteiger partial charge in [0.05, 0.1) is 0 Å². The first-order valence-electron chi connectivity index (χ1n) is 3.76. The van der Waals surface area contributed by atoms with E-state index in [-0.39, 0.29) is 29.6 Å². The molecule has 6 heteroatoms. The van der Waals surface area contributed by atoms with Crippen LogP contribution in [0.4, 0.5) is 0 Å². The van der Waals surface area contributed by atoms with E-state index in [1.165, 1.54) is 0 Å². The van der Waals surface area contributed by atoms with Gasteiger partial charge in [-0.1, -0.05) is 0 Å². The number of hydrogen-bond acceptors (Lipinski definition) is 3. The van der Waals surface area contributed by atoms with E-state index < -0.39 is 11.9 Å². The fourth-order valence-electron chi connectivity index (χ4n) is 0.347. The molecule has 0 spiro atoms. The molecule has 0 heterocycles. The van der Waals surface area contributed by atoms with Gasteiger partial charge in [0.1, 0.15) is 0 Å². The van der Waals surface area contributed by atoms with Crippen LogP contribution in [0.3, 0.4) is 0 Å². The molecule has 5 nitrogen and oxygen atoms in total. The third-order valence-corrected chi connectivity index (χ3v) is 0.777. The van der Waals surface area contributed by atoms with Crippen molar-refractivity contribution in [1.82, 2.24) is 0 Å². The summed E-state index contributed by atoms with van der Waals surface area (Å²) in [5.41, 5.74) is 0. The third-order valence-electron chi connectivity index (χ3n) is 0.777. The van der Waals surface area contributed by atoms with Crippen LogP contribution in [0, 0.1) is 0 Å². The van der Waals surface area contributed by atoms with Gasteiger partial charge in [0, 0.05) is 25.4 Å². The van der Waals surface area contributed by atoms with E-state index in [0.717, 1.165) is 13.2 Å². The van der Waals surface area contributed by atoms with E-state index in [1.807, 2.05) is 13.8 Å². The quantitative estimate of drug-likeness (QED) is 0.512. The Labute approximate surface area is 105 Å². The molecule has 0 aromatic rings. The van der Waals surface area contributed by atoms with E-state index in [9.17, 15) is 9.59 Å². The van der Waals surface area contributed by atoms with Crippen LogP contribution in [0.2, 0.25) is 0 Å². The summed E-state index contributed by atoms with van der Waals surface area (Å²) in [6.07, 6.45) is 1.12. The number of carbonyl (C=O) groups is 2. The van der Waals surface area contributed by atoms with Crippen LogP contribution >= 0.6 is 0 Å². The van der Waals surface area contributed by atoms with Crippen molar-refractivity contribution in [3.05, 3.63) is 12.2 Å². The molecule has 0 saturated heterocycles. The minimum atomic E-state index is -1.26.